The summed E-state index contributed by atoms with van der Waals surface area (Å²) in [6.45, 7) is 70.7. The highest BCUT2D eigenvalue weighted by Crippen LogP contribution is 2.34. The number of para-hydroxylation sites is 6. The molecule has 2 amide bonds. The smallest absolute Gasteiger partial charge is 0.326 e. The number of aromatic amines is 3. The Hall–Kier alpha value is -14.1. The van der Waals surface area contributed by atoms with Crippen LogP contribution in [0.25, 0.3) is 64.7 Å². The fourth-order valence-electron chi connectivity index (χ4n) is 14.4. The SMILES string of the molecule is CC.CC.CC.CC.CC.CC.CC.CC.CC.CC.CC.CC.CC1=CCN2C=CC=CN2C1=O.CC1CCc2ccccc21.Cc1c[nH]c2ccccc12.Cc1cc2ccccc2[nH]1.Cc1ccc2c(c1)CCC(=O)N2.Cc1ccc2c(c1)CCO2.Cc1ccc2c(c1)OCO2.Cc1ccc2ncsc2c1.Cc1cnc2ccccn12.Cc1cnc2sccn12.Cn1c(=O)[nH]c2ccccc21.Cn1cnc2ccccc21. The summed E-state index contributed by atoms with van der Waals surface area (Å²) in [5.41, 5.74) is 28.0. The van der Waals surface area contributed by atoms with Crippen molar-refractivity contribution in [1.82, 2.24) is 62.8 Å². The molecule has 0 saturated carbocycles. The lowest BCUT2D eigenvalue weighted by Crippen LogP contribution is -2.44. The highest BCUT2D eigenvalue weighted by molar-refractivity contribution is 7.16. The summed E-state index contributed by atoms with van der Waals surface area (Å²) in [5, 5.41) is 11.0. The minimum absolute atomic E-state index is 0.0573. The number of hydrogen-bond acceptors (Lipinski definition) is 13. The molecule has 14 heterocycles. The molecular weight excluding hydrogens is 1870 g/mol. The van der Waals surface area contributed by atoms with Gasteiger partial charge in [-0.25, -0.2) is 29.7 Å². The molecule has 800 valence electrons. The van der Waals surface area contributed by atoms with E-state index in [1.807, 2.05) is 386 Å². The predicted octanol–water partition coefficient (Wildman–Crippen LogP) is 35.0. The number of ether oxygens (including phenoxy) is 3. The second-order valence-electron chi connectivity index (χ2n) is 30.8. The first-order valence-electron chi connectivity index (χ1n) is 53.5. The predicted molar refractivity (Wildman–Crippen MR) is 643 cm³/mol. The second kappa shape index (κ2) is 77.4. The number of pyridine rings is 1. The topological polar surface area (TPSA) is 215 Å². The van der Waals surface area contributed by atoms with Crippen molar-refractivity contribution in [2.75, 3.05) is 25.3 Å². The number of anilines is 1. The molecule has 9 aromatic carbocycles. The Morgan fingerprint density at radius 1 is 0.439 bits per heavy atom. The molecule has 1 unspecified atom stereocenters. The molecule has 0 radical (unpaired) electrons. The highest BCUT2D eigenvalue weighted by atomic mass is 32.1. The van der Waals surface area contributed by atoms with Crippen molar-refractivity contribution in [2.45, 2.75) is 273 Å². The molecule has 1 atom stereocenters. The highest BCUT2D eigenvalue weighted by Gasteiger charge is 2.23. The van der Waals surface area contributed by atoms with E-state index in [0.717, 1.165) is 93.1 Å². The second-order valence-corrected chi connectivity index (χ2v) is 32.5. The summed E-state index contributed by atoms with van der Waals surface area (Å²) < 4.78 is 24.7. The van der Waals surface area contributed by atoms with Crippen LogP contribution in [0.15, 0.2) is 308 Å². The zero-order valence-corrected chi connectivity index (χ0v) is 97.9. The van der Waals surface area contributed by atoms with Crippen molar-refractivity contribution in [2.24, 2.45) is 14.1 Å². The standard InChI is InChI=1S/C10H11NO.C10H12.C9H10N2O.2C9H9N.C9H10O.C8H8N2O.2C8H8N2.C8H7NS.C8H8O2.C6H6N2S.12C2H6/c1-7-2-4-9-8(6-7)3-5-10(12)11-9;1-8-6-7-9-4-2-3-5-10(8)9;1-8-4-7-10-5-2-3-6-11(10)9(8)12;1-7-6-10-9-5-3-2-4-8(7)9;1-7-6-8-4-2-3-5-9(8)10-7;1-7-2-3-9-8(6-7)4-5-10-9;1-10-7-5-3-2-4-6(7)9-8(10)11;1-10-6-9-7-4-2-3-5-8(7)10;1-7-6-9-8-4-2-3-5-10(7)8;2*1-6-2-3-7-8(4-6)10-5-9-7;1-5-4-7-6-8(5)2-3-9-6;12*1-2/h2,4,6H,3,5H2,1H3,(H,11,12);2-5,8H,6-7H2,1H3;2-6H,7H2,1H3;2*2-6,10H,1H3;2-3,6H,4-5H2,1H3;2-5H,1H3,(H,9,11);2*2-6H,1H3;2-5H,1H3;2-4H,5H2,1H3;2-4H,1H3;12*1-2H3. The van der Waals surface area contributed by atoms with E-state index in [1.54, 1.807) is 56.6 Å². The number of hydrogen-bond donors (Lipinski definition) is 4. The first-order valence-corrected chi connectivity index (χ1v) is 55.2. The maximum atomic E-state index is 11.5. The number of thiazole rings is 2. The summed E-state index contributed by atoms with van der Waals surface area (Å²) in [4.78, 5) is 60.5. The number of amides is 2. The lowest BCUT2D eigenvalue weighted by atomic mass is 10.0. The van der Waals surface area contributed by atoms with Crippen LogP contribution in [0.2, 0.25) is 0 Å². The van der Waals surface area contributed by atoms with Gasteiger partial charge in [0.05, 0.1) is 57.3 Å². The number of rotatable bonds is 0. The Labute approximate surface area is 896 Å². The molecule has 0 saturated heterocycles. The van der Waals surface area contributed by atoms with Gasteiger partial charge >= 0.3 is 5.69 Å². The zero-order chi connectivity index (χ0) is 111. The zero-order valence-electron chi connectivity index (χ0n) is 96.3. The third-order valence-electron chi connectivity index (χ3n) is 21.3. The third-order valence-corrected chi connectivity index (χ3v) is 22.9. The Morgan fingerprint density at radius 3 is 1.66 bits per heavy atom. The van der Waals surface area contributed by atoms with Crippen LogP contribution in [0.4, 0.5) is 5.69 Å². The fraction of sp³-hybridized carbons (Fsp3) is 0.357. The third kappa shape index (κ3) is 42.8. The minimum Gasteiger partial charge on any atom is -0.493 e. The van der Waals surface area contributed by atoms with Crippen molar-refractivity contribution in [3.05, 3.63) is 380 Å². The molecule has 4 N–H and O–H groups in total. The van der Waals surface area contributed by atoms with Gasteiger partial charge in [0.15, 0.2) is 16.5 Å². The van der Waals surface area contributed by atoms with Gasteiger partial charge in [-0.05, 0) is 235 Å². The molecule has 22 heteroatoms. The van der Waals surface area contributed by atoms with Gasteiger partial charge in [-0.2, -0.15) is 0 Å². The molecular formula is C126H178N14O6S2. The van der Waals surface area contributed by atoms with Crippen LogP contribution in [0, 0.1) is 55.4 Å². The molecule has 18 aromatic rings. The van der Waals surface area contributed by atoms with Crippen LogP contribution < -0.4 is 25.2 Å². The normalized spacial score (nSPS) is 11.9. The van der Waals surface area contributed by atoms with Gasteiger partial charge in [-0.15, -0.1) is 22.7 Å². The Morgan fingerprint density at radius 2 is 1.01 bits per heavy atom. The van der Waals surface area contributed by atoms with E-state index in [0.29, 0.717) is 13.2 Å². The molecule has 1 aliphatic carbocycles. The van der Waals surface area contributed by atoms with E-state index in [4.69, 9.17) is 14.2 Å². The maximum Gasteiger partial charge on any atom is 0.326 e. The van der Waals surface area contributed by atoms with Gasteiger partial charge < -0.3 is 43.4 Å². The number of aryl methyl sites for hydroxylation is 12. The summed E-state index contributed by atoms with van der Waals surface area (Å²) in [6, 6.07) is 73.9. The van der Waals surface area contributed by atoms with Crippen LogP contribution in [-0.4, -0.2) is 94.6 Å². The van der Waals surface area contributed by atoms with Gasteiger partial charge in [0.2, 0.25) is 12.7 Å². The van der Waals surface area contributed by atoms with Crippen LogP contribution in [0.1, 0.15) is 266 Å². The number of hydrazine groups is 1. The number of aromatic nitrogens is 11. The van der Waals surface area contributed by atoms with E-state index in [9.17, 15) is 14.4 Å². The summed E-state index contributed by atoms with van der Waals surface area (Å²) in [6.07, 6.45) is 26.2. The van der Waals surface area contributed by atoms with E-state index >= 15 is 0 Å². The molecule has 6 aliphatic rings. The van der Waals surface area contributed by atoms with Crippen molar-refractivity contribution in [3.8, 4) is 17.2 Å². The Bertz CT molecular complexity index is 6510. The molecule has 0 spiro atoms. The van der Waals surface area contributed by atoms with Gasteiger partial charge in [-0.3, -0.25) is 23.6 Å². The van der Waals surface area contributed by atoms with Gasteiger partial charge in [0.1, 0.15) is 11.4 Å². The molecule has 9 aromatic heterocycles. The van der Waals surface area contributed by atoms with E-state index in [2.05, 4.69) is 206 Å². The minimum atomic E-state index is -0.0637. The average Bonchev–Trinajstić information content (AvgIpc) is 1.58. The number of benzene rings is 9. The number of carbonyl (C=O) groups excluding carboxylic acids is 2. The van der Waals surface area contributed by atoms with Crippen molar-refractivity contribution in [3.63, 3.8) is 0 Å². The Kier molecular flexibility index (Phi) is 68.9. The number of H-pyrrole nitrogens is 3. The van der Waals surface area contributed by atoms with E-state index in [-0.39, 0.29) is 17.5 Å². The molecule has 0 bridgehead atoms. The largest absolute Gasteiger partial charge is 0.493 e. The van der Waals surface area contributed by atoms with Gasteiger partial charge in [-0.1, -0.05) is 318 Å². The quantitative estimate of drug-likeness (QED) is 0.112. The van der Waals surface area contributed by atoms with E-state index < -0.39 is 0 Å². The molecule has 5 aliphatic heterocycles. The number of imidazole rings is 4. The van der Waals surface area contributed by atoms with Crippen LogP contribution in [0.3, 0.4) is 0 Å². The Balaban J connectivity index is 0.000000792. The molecule has 20 nitrogen and oxygen atoms in total. The number of carbonyl (C=O) groups is 2. The number of allylic oxidation sites excluding steroid dienone is 2. The fourth-order valence-corrected chi connectivity index (χ4v) is 15.9. The molecule has 0 fully saturated rings. The van der Waals surface area contributed by atoms with E-state index in [1.165, 1.54) is 101 Å². The average molecular weight is 2050 g/mol. The molecule has 24 rings (SSSR count). The van der Waals surface area contributed by atoms with Crippen LogP contribution >= 0.6 is 22.7 Å². The van der Waals surface area contributed by atoms with Crippen molar-refractivity contribution < 1.29 is 23.8 Å². The van der Waals surface area contributed by atoms with Crippen molar-refractivity contribution >= 4 is 105 Å². The van der Waals surface area contributed by atoms with Crippen molar-refractivity contribution in [1.29, 1.82) is 0 Å². The lowest BCUT2D eigenvalue weighted by Gasteiger charge is -2.35. The summed E-state index contributed by atoms with van der Waals surface area (Å²) in [5.74, 6) is 3.78. The maximum absolute atomic E-state index is 11.5. The number of nitrogens with one attached hydrogen (secondary N) is 4. The monoisotopic (exact) mass is 2050 g/mol. The first kappa shape index (κ1) is 132. The lowest BCUT2D eigenvalue weighted by molar-refractivity contribution is -0.135. The van der Waals surface area contributed by atoms with Gasteiger partial charge in [0, 0.05) is 120 Å². The summed E-state index contributed by atoms with van der Waals surface area (Å²) in [7, 11) is 3.75. The van der Waals surface area contributed by atoms with Crippen LogP contribution in [-0.2, 0) is 42.9 Å². The first-order chi connectivity index (χ1) is 72.2. The number of fused-ring (bicyclic) bond motifs is 12. The number of nitrogens with zero attached hydrogens (tertiary/aromatic N) is 10. The summed E-state index contributed by atoms with van der Waals surface area (Å²) >= 11 is 3.35. The van der Waals surface area contributed by atoms with Gasteiger partial charge in [0.25, 0.3) is 5.91 Å². The van der Waals surface area contributed by atoms with Crippen LogP contribution in [0.5, 0.6) is 17.2 Å². The molecule has 148 heavy (non-hydrogen) atoms.